The van der Waals surface area contributed by atoms with Gasteiger partial charge in [-0.1, -0.05) is 42.1 Å². The quantitative estimate of drug-likeness (QED) is 0.383. The van der Waals surface area contributed by atoms with Crippen molar-refractivity contribution in [1.82, 2.24) is 0 Å². The van der Waals surface area contributed by atoms with E-state index in [1.54, 1.807) is 6.92 Å². The van der Waals surface area contributed by atoms with Crippen molar-refractivity contribution in [2.45, 2.75) is 19.6 Å². The summed E-state index contributed by atoms with van der Waals surface area (Å²) in [6.07, 6.45) is 0. The molecule has 1 aromatic rings. The summed E-state index contributed by atoms with van der Waals surface area (Å²) in [5.74, 6) is 0.739. The number of benzene rings is 1. The zero-order valence-electron chi connectivity index (χ0n) is 9.12. The molecule has 0 radical (unpaired) electrons. The van der Waals surface area contributed by atoms with Crippen molar-refractivity contribution in [2.24, 2.45) is 4.76 Å². The average molecular weight is 275 g/mol. The molecule has 0 aliphatic heterocycles. The molecule has 6 heteroatoms. The lowest BCUT2D eigenvalue weighted by atomic mass is 10.2. The number of aryl methyl sites for hydroxylation is 1. The lowest BCUT2D eigenvalue weighted by molar-refractivity contribution is 0.499. The predicted octanol–water partition coefficient (Wildman–Crippen LogP) is 3.68. The van der Waals surface area contributed by atoms with Crippen LogP contribution in [0.15, 0.2) is 29.0 Å². The molecule has 3 nitrogen and oxygen atoms in total. The fourth-order valence-electron chi connectivity index (χ4n) is 1.08. The molecule has 88 valence electrons. The number of hydrogen-bond donors (Lipinski definition) is 2. The summed E-state index contributed by atoms with van der Waals surface area (Å²) in [5, 5.41) is 0.571. The van der Waals surface area contributed by atoms with Crippen LogP contribution in [0.4, 0.5) is 0 Å². The number of thiol groups is 1. The van der Waals surface area contributed by atoms with Crippen LogP contribution in [-0.4, -0.2) is 9.94 Å². The van der Waals surface area contributed by atoms with E-state index in [1.807, 2.05) is 31.2 Å². The summed E-state index contributed by atoms with van der Waals surface area (Å²) < 4.78 is 14.5. The number of thioether (sulfide) groups is 1. The molecule has 0 spiro atoms. The van der Waals surface area contributed by atoms with Crippen LogP contribution in [0.1, 0.15) is 18.1 Å². The van der Waals surface area contributed by atoms with Crippen LogP contribution in [-0.2, 0) is 10.3 Å². The molecule has 0 aliphatic carbocycles. The molecule has 1 rings (SSSR count). The van der Waals surface area contributed by atoms with Crippen molar-refractivity contribution in [3.63, 3.8) is 0 Å². The average Bonchev–Trinajstić information content (AvgIpc) is 2.14. The fourth-order valence-corrected chi connectivity index (χ4v) is 3.17. The molecule has 0 aromatic heterocycles. The highest BCUT2D eigenvalue weighted by molar-refractivity contribution is 8.45. The van der Waals surface area contributed by atoms with Crippen molar-refractivity contribution in [2.75, 3.05) is 0 Å². The van der Waals surface area contributed by atoms with Crippen molar-refractivity contribution < 1.29 is 9.46 Å². The Morgan fingerprint density at radius 1 is 1.50 bits per heavy atom. The summed E-state index contributed by atoms with van der Waals surface area (Å²) in [4.78, 5) is 8.94. The molecule has 0 fully saturated rings. The number of rotatable bonds is 3. The Hall–Kier alpha value is -0.220. The van der Waals surface area contributed by atoms with Gasteiger partial charge in [-0.2, -0.15) is 4.76 Å². The van der Waals surface area contributed by atoms with Gasteiger partial charge in [0.1, 0.15) is 0 Å². The van der Waals surface area contributed by atoms with Crippen LogP contribution in [0.5, 0.6) is 0 Å². The second kappa shape index (κ2) is 5.92. The van der Waals surface area contributed by atoms with Gasteiger partial charge in [0.25, 0.3) is 0 Å². The van der Waals surface area contributed by atoms with Crippen LogP contribution < -0.4 is 0 Å². The van der Waals surface area contributed by atoms with Crippen LogP contribution in [0, 0.1) is 6.92 Å². The minimum Gasteiger partial charge on any atom is -0.320 e. The molecule has 0 bridgehead atoms. The van der Waals surface area contributed by atoms with Gasteiger partial charge in [0.05, 0.1) is 5.04 Å². The molecule has 0 saturated carbocycles. The van der Waals surface area contributed by atoms with E-state index < -0.39 is 6.72 Å². The normalized spacial score (nSPS) is 15.9. The Balaban J connectivity index is 2.55. The minimum atomic E-state index is -3.59. The zero-order valence-corrected chi connectivity index (χ0v) is 11.7. The summed E-state index contributed by atoms with van der Waals surface area (Å²) in [5.41, 5.74) is 2.38. The Kier molecular flexibility index (Phi) is 5.12. The van der Waals surface area contributed by atoms with E-state index in [2.05, 4.69) is 17.0 Å². The summed E-state index contributed by atoms with van der Waals surface area (Å²) in [6, 6.07) is 8.15. The molecule has 0 aliphatic rings. The van der Waals surface area contributed by atoms with Crippen molar-refractivity contribution in [1.29, 1.82) is 0 Å². The Labute approximate surface area is 105 Å². The topological polar surface area (TPSA) is 49.7 Å². The van der Waals surface area contributed by atoms with Gasteiger partial charge in [0.2, 0.25) is 0 Å². The maximum Gasteiger partial charge on any atom is 0.366 e. The van der Waals surface area contributed by atoms with Crippen molar-refractivity contribution in [3.8, 4) is 0 Å². The monoisotopic (exact) mass is 275 g/mol. The van der Waals surface area contributed by atoms with Crippen molar-refractivity contribution >= 4 is 35.8 Å². The second-order valence-electron chi connectivity index (χ2n) is 3.41. The SMILES string of the molecule is CC(=NP(=O)(O)S)SCc1ccc(C)cc1. The Morgan fingerprint density at radius 3 is 2.56 bits per heavy atom. The standard InChI is InChI=1S/C10H14NO2PS2/c1-8-3-5-10(6-4-8)7-16-9(2)11-14(12,13)15/h3-6H,7H2,1-2H3,(H2,12,13,15). The lowest BCUT2D eigenvalue weighted by Crippen LogP contribution is -1.87. The van der Waals surface area contributed by atoms with Gasteiger partial charge in [-0.25, -0.2) is 0 Å². The molecule has 1 N–H and O–H groups in total. The van der Waals surface area contributed by atoms with Crippen LogP contribution in [0.25, 0.3) is 0 Å². The molecular weight excluding hydrogens is 261 g/mol. The summed E-state index contributed by atoms with van der Waals surface area (Å²) in [7, 11) is 0. The third kappa shape index (κ3) is 5.75. The van der Waals surface area contributed by atoms with Crippen LogP contribution in [0.2, 0.25) is 0 Å². The number of nitrogens with zero attached hydrogens (tertiary/aromatic N) is 1. The lowest BCUT2D eigenvalue weighted by Gasteiger charge is -2.03. The first-order chi connectivity index (χ1) is 7.37. The maximum atomic E-state index is 10.9. The fraction of sp³-hybridized carbons (Fsp3) is 0.300. The molecule has 1 unspecified atom stereocenters. The molecule has 0 amide bonds. The molecule has 1 aromatic carbocycles. The van der Waals surface area contributed by atoms with E-state index in [9.17, 15) is 4.57 Å². The van der Waals surface area contributed by atoms with E-state index in [-0.39, 0.29) is 0 Å². The van der Waals surface area contributed by atoms with Gasteiger partial charge in [0.15, 0.2) is 0 Å². The summed E-state index contributed by atoms with van der Waals surface area (Å²) >= 11 is 4.93. The molecular formula is C10H14NO2PS2. The molecule has 1 atom stereocenters. The van der Waals surface area contributed by atoms with E-state index in [4.69, 9.17) is 4.89 Å². The first kappa shape index (κ1) is 13.8. The van der Waals surface area contributed by atoms with Crippen molar-refractivity contribution in [3.05, 3.63) is 35.4 Å². The second-order valence-corrected chi connectivity index (χ2v) is 7.36. The number of hydrogen-bond acceptors (Lipinski definition) is 2. The largest absolute Gasteiger partial charge is 0.366 e. The predicted molar refractivity (Wildman–Crippen MR) is 74.4 cm³/mol. The van der Waals surface area contributed by atoms with E-state index in [0.29, 0.717) is 5.04 Å². The Morgan fingerprint density at radius 2 is 2.06 bits per heavy atom. The van der Waals surface area contributed by atoms with Gasteiger partial charge in [-0.3, -0.25) is 4.57 Å². The van der Waals surface area contributed by atoms with Gasteiger partial charge in [-0.05, 0) is 19.4 Å². The van der Waals surface area contributed by atoms with E-state index in [1.165, 1.54) is 17.3 Å². The zero-order chi connectivity index (χ0) is 12.2. The minimum absolute atomic E-state index is 0.571. The van der Waals surface area contributed by atoms with E-state index in [0.717, 1.165) is 11.3 Å². The van der Waals surface area contributed by atoms with Gasteiger partial charge in [0, 0.05) is 5.75 Å². The molecule has 0 saturated heterocycles. The maximum absolute atomic E-state index is 10.9. The van der Waals surface area contributed by atoms with Gasteiger partial charge in [-0.15, -0.1) is 11.8 Å². The first-order valence-electron chi connectivity index (χ1n) is 4.67. The molecule has 16 heavy (non-hydrogen) atoms. The smallest absolute Gasteiger partial charge is 0.320 e. The Bertz CT molecular complexity index is 425. The highest BCUT2D eigenvalue weighted by atomic mass is 32.7. The van der Waals surface area contributed by atoms with Crippen LogP contribution in [0.3, 0.4) is 0 Å². The third-order valence-electron chi connectivity index (χ3n) is 1.84. The third-order valence-corrected chi connectivity index (χ3v) is 3.79. The first-order valence-corrected chi connectivity index (χ1v) is 8.42. The van der Waals surface area contributed by atoms with Gasteiger partial charge < -0.3 is 4.89 Å². The highest BCUT2D eigenvalue weighted by Crippen LogP contribution is 2.48. The summed E-state index contributed by atoms with van der Waals surface area (Å²) in [6.45, 7) is 0.151. The highest BCUT2D eigenvalue weighted by Gasteiger charge is 2.08. The van der Waals surface area contributed by atoms with Crippen LogP contribution >= 0.6 is 30.7 Å². The molecule has 0 heterocycles. The van der Waals surface area contributed by atoms with E-state index >= 15 is 0 Å². The van der Waals surface area contributed by atoms with Gasteiger partial charge >= 0.3 is 6.72 Å².